The molecule has 2 aliphatic rings. The zero-order chi connectivity index (χ0) is 47.7. The molecule has 0 amide bonds. The Labute approximate surface area is 381 Å². The van der Waals surface area contributed by atoms with Crippen molar-refractivity contribution in [3.63, 3.8) is 0 Å². The van der Waals surface area contributed by atoms with E-state index < -0.39 is 16.8 Å². The summed E-state index contributed by atoms with van der Waals surface area (Å²) in [4.78, 5) is 59.7. The lowest BCUT2D eigenvalue weighted by atomic mass is 9.83. The smallest absolute Gasteiger partial charge is 0.314 e. The van der Waals surface area contributed by atoms with E-state index in [0.717, 1.165) is 53.7 Å². The summed E-state index contributed by atoms with van der Waals surface area (Å²) < 4.78 is 21.0. The van der Waals surface area contributed by atoms with Crippen molar-refractivity contribution in [2.24, 2.45) is 22.5 Å². The number of carbonyl (C=O) groups excluding carboxylic acids is 3. The summed E-state index contributed by atoms with van der Waals surface area (Å²) in [5.41, 5.74) is 10.4. The van der Waals surface area contributed by atoms with Crippen LogP contribution < -0.4 is 15.2 Å². The Balaban J connectivity index is 0.000000234. The number of methoxy groups -OCH3 is 2. The van der Waals surface area contributed by atoms with Gasteiger partial charge in [0.05, 0.1) is 36.4 Å². The summed E-state index contributed by atoms with van der Waals surface area (Å²) in [6, 6.07) is 22.7. The molecule has 15 nitrogen and oxygen atoms in total. The van der Waals surface area contributed by atoms with Gasteiger partial charge in [0.1, 0.15) is 42.2 Å². The molecule has 0 saturated heterocycles. The van der Waals surface area contributed by atoms with E-state index in [1.54, 1.807) is 46.9 Å². The molecule has 3 aromatic heterocycles. The van der Waals surface area contributed by atoms with Crippen molar-refractivity contribution >= 4 is 29.5 Å². The quantitative estimate of drug-likeness (QED) is 0.0464. The van der Waals surface area contributed by atoms with Gasteiger partial charge in [-0.2, -0.15) is 0 Å². The van der Waals surface area contributed by atoms with E-state index in [-0.39, 0.29) is 31.0 Å². The van der Waals surface area contributed by atoms with Crippen LogP contribution in [0.1, 0.15) is 97.2 Å². The van der Waals surface area contributed by atoms with Crippen LogP contribution in [0.2, 0.25) is 0 Å². The van der Waals surface area contributed by atoms with Gasteiger partial charge < -0.3 is 34.8 Å². The zero-order valence-electron chi connectivity index (χ0n) is 38.6. The highest BCUT2D eigenvalue weighted by Gasteiger charge is 2.31. The Bertz CT molecular complexity index is 2330. The fraction of sp³-hybridized carbons (Fsp3) is 0.400. The van der Waals surface area contributed by atoms with Gasteiger partial charge in [0, 0.05) is 65.3 Å². The number of benzene rings is 2. The molecule has 0 bridgehead atoms. The first-order chi connectivity index (χ1) is 30.8. The lowest BCUT2D eigenvalue weighted by Crippen LogP contribution is -2.32. The van der Waals surface area contributed by atoms with Crippen molar-refractivity contribution in [3.8, 4) is 45.4 Å². The maximum Gasteiger partial charge on any atom is 0.314 e. The first kappa shape index (κ1) is 50.7. The van der Waals surface area contributed by atoms with Crippen LogP contribution in [-0.2, 0) is 28.7 Å². The molecule has 15 heteroatoms. The minimum Gasteiger partial charge on any atom is -0.492 e. The van der Waals surface area contributed by atoms with Crippen LogP contribution in [0, 0.1) is 22.2 Å². The summed E-state index contributed by atoms with van der Waals surface area (Å²) in [6.07, 6.45) is 12.7. The molecule has 65 heavy (non-hydrogen) atoms. The molecule has 0 radical (unpaired) electrons. The van der Waals surface area contributed by atoms with Crippen molar-refractivity contribution in [1.82, 2.24) is 19.9 Å². The second-order valence-corrected chi connectivity index (χ2v) is 17.2. The third-order valence-electron chi connectivity index (χ3n) is 10.9. The molecule has 0 spiro atoms. The van der Waals surface area contributed by atoms with E-state index in [4.69, 9.17) is 40.0 Å². The molecule has 5 aromatic rings. The Morgan fingerprint density at radius 3 is 1.45 bits per heavy atom. The minimum absolute atomic E-state index is 0.00832. The number of ether oxygens (including phenoxy) is 4. The summed E-state index contributed by atoms with van der Waals surface area (Å²) in [5, 5.41) is 14.8. The largest absolute Gasteiger partial charge is 0.492 e. The van der Waals surface area contributed by atoms with Crippen molar-refractivity contribution in [3.05, 3.63) is 103 Å². The topological polar surface area (TPSA) is 230 Å². The average Bonchev–Trinajstić information content (AvgIpc) is 3.73. The third kappa shape index (κ3) is 15.4. The Morgan fingerprint density at radius 1 is 0.677 bits per heavy atom. The standard InChI is InChI=1S/C24H27N3O3.C18H21N3O3.C6H10O.C2H4O2/c1-24(2,23(28)29-3)15-30-19-10-7-17(8-11-19)20-12-9-18(13-25-20)22-26-14-21(27-22)16-5-4-6-16;1-18(2,17(22)23-3)11-24-14-7-4-12(5-8-14)15-9-6-13(10-21-15)16(19)20;1-5(7)6-3-2-4-6;1-2(3)4/h7-14,16H,4-6,15H2,1-3H3,(H,26,27);4-10H,11H2,1-3H3,(H3,19,20);6H,2-4H2,1H3;1H3,(H,3,4). The van der Waals surface area contributed by atoms with E-state index in [9.17, 15) is 14.4 Å². The van der Waals surface area contributed by atoms with Gasteiger partial charge in [-0.3, -0.25) is 34.6 Å². The van der Waals surface area contributed by atoms with Crippen molar-refractivity contribution in [2.45, 2.75) is 86.0 Å². The molecule has 2 aromatic carbocycles. The van der Waals surface area contributed by atoms with Crippen LogP contribution in [0.3, 0.4) is 0 Å². The Morgan fingerprint density at radius 2 is 1.12 bits per heavy atom. The molecule has 5 N–H and O–H groups in total. The van der Waals surface area contributed by atoms with E-state index in [0.29, 0.717) is 34.7 Å². The van der Waals surface area contributed by atoms with Crippen LogP contribution in [-0.4, -0.2) is 82.0 Å². The number of aromatic nitrogens is 4. The van der Waals surface area contributed by atoms with Gasteiger partial charge in [0.15, 0.2) is 0 Å². The number of pyridine rings is 2. The maximum atomic E-state index is 11.8. The second-order valence-electron chi connectivity index (χ2n) is 17.2. The molecule has 2 fully saturated rings. The predicted molar refractivity (Wildman–Crippen MR) is 248 cm³/mol. The van der Waals surface area contributed by atoms with Gasteiger partial charge >= 0.3 is 11.9 Å². The number of nitrogen functional groups attached to an aromatic ring is 1. The predicted octanol–water partition coefficient (Wildman–Crippen LogP) is 9.06. The van der Waals surface area contributed by atoms with Crippen LogP contribution in [0.15, 0.2) is 91.4 Å². The molecular formula is C50H62N6O9. The molecule has 0 atom stereocenters. The van der Waals surface area contributed by atoms with E-state index in [1.807, 2.05) is 79.1 Å². The van der Waals surface area contributed by atoms with Gasteiger partial charge in [-0.05, 0) is 133 Å². The van der Waals surface area contributed by atoms with E-state index in [2.05, 4.69) is 19.9 Å². The summed E-state index contributed by atoms with van der Waals surface area (Å²) >= 11 is 0. The number of carboxylic acid groups (broad SMARTS) is 1. The summed E-state index contributed by atoms with van der Waals surface area (Å²) in [7, 11) is 2.75. The first-order valence-electron chi connectivity index (χ1n) is 21.5. The number of Topliss-reactive ketones (excluding diaryl/α,β-unsaturated/α-hetero) is 1. The van der Waals surface area contributed by atoms with E-state index in [1.165, 1.54) is 45.6 Å². The molecule has 2 saturated carbocycles. The molecule has 346 valence electrons. The fourth-order valence-electron chi connectivity index (χ4n) is 6.29. The number of hydrogen-bond acceptors (Lipinski definition) is 12. The molecule has 0 aliphatic heterocycles. The van der Waals surface area contributed by atoms with Crippen LogP contribution in [0.4, 0.5) is 0 Å². The fourth-order valence-corrected chi connectivity index (χ4v) is 6.29. The number of hydrogen-bond donors (Lipinski definition) is 4. The van der Waals surface area contributed by atoms with Crippen molar-refractivity contribution in [2.75, 3.05) is 27.4 Å². The summed E-state index contributed by atoms with van der Waals surface area (Å²) in [6.45, 7) is 10.4. The normalized spacial score (nSPS) is 13.3. The lowest BCUT2D eigenvalue weighted by molar-refractivity contribution is -0.153. The minimum atomic E-state index is -0.833. The average molecular weight is 891 g/mol. The van der Waals surface area contributed by atoms with E-state index >= 15 is 0 Å². The van der Waals surface area contributed by atoms with Gasteiger partial charge in [0.25, 0.3) is 5.97 Å². The Kier molecular flexibility index (Phi) is 18.5. The number of esters is 2. The lowest BCUT2D eigenvalue weighted by Gasteiger charge is -2.23. The first-order valence-corrected chi connectivity index (χ1v) is 21.5. The number of rotatable bonds is 14. The van der Waals surface area contributed by atoms with Gasteiger partial charge in [-0.25, -0.2) is 4.98 Å². The monoisotopic (exact) mass is 890 g/mol. The number of aromatic amines is 1. The van der Waals surface area contributed by atoms with Gasteiger partial charge in [-0.1, -0.05) is 12.8 Å². The van der Waals surface area contributed by atoms with Crippen LogP contribution in [0.5, 0.6) is 11.5 Å². The van der Waals surface area contributed by atoms with Gasteiger partial charge in [-0.15, -0.1) is 0 Å². The number of ketones is 1. The van der Waals surface area contributed by atoms with Crippen molar-refractivity contribution < 1.29 is 43.2 Å². The molecular weight excluding hydrogens is 829 g/mol. The SMILES string of the molecule is CC(=O)C1CCC1.CC(=O)O.COC(=O)C(C)(C)COc1ccc(-c2ccc(-c3ncc(C4CCC4)[nH]3)cn2)cc1.COC(=O)C(C)(C)COc1ccc(-c2ccc(C(=N)N)cn2)cc1. The molecule has 7 rings (SSSR count). The number of amidine groups is 1. The molecule has 0 unspecified atom stereocenters. The number of carboxylic acids is 1. The zero-order valence-corrected chi connectivity index (χ0v) is 38.6. The second kappa shape index (κ2) is 23.7. The number of nitrogens with one attached hydrogen (secondary N) is 2. The molecule has 2 aliphatic carbocycles. The number of H-pyrrole nitrogens is 1. The summed E-state index contributed by atoms with van der Waals surface area (Å²) in [5.74, 6) is 2.25. The number of aliphatic carboxylic acids is 1. The van der Waals surface area contributed by atoms with Crippen LogP contribution in [0.25, 0.3) is 33.9 Å². The third-order valence-corrected chi connectivity index (χ3v) is 10.9. The number of imidazole rings is 1. The highest BCUT2D eigenvalue weighted by Crippen LogP contribution is 2.36. The Hall–Kier alpha value is -6.90. The highest BCUT2D eigenvalue weighted by atomic mass is 16.5. The number of carbonyl (C=O) groups is 4. The number of nitrogens with two attached hydrogens (primary N) is 1. The van der Waals surface area contributed by atoms with Crippen molar-refractivity contribution in [1.29, 1.82) is 5.41 Å². The van der Waals surface area contributed by atoms with Gasteiger partial charge in [0.2, 0.25) is 0 Å². The molecule has 3 heterocycles. The number of nitrogens with zero attached hydrogens (tertiary/aromatic N) is 3. The maximum absolute atomic E-state index is 11.8. The highest BCUT2D eigenvalue weighted by molar-refractivity contribution is 5.94. The van der Waals surface area contributed by atoms with Crippen LogP contribution >= 0.6 is 0 Å².